The van der Waals surface area contributed by atoms with Crippen LogP contribution in [0.4, 0.5) is 5.00 Å². The quantitative estimate of drug-likeness (QED) is 0.343. The Hall–Kier alpha value is -1.47. The topological polar surface area (TPSA) is 68.0 Å². The lowest BCUT2D eigenvalue weighted by molar-refractivity contribution is -0.380. The molecule has 1 fully saturated rings. The molecule has 1 aliphatic heterocycles. The summed E-state index contributed by atoms with van der Waals surface area (Å²) in [5.74, 6) is 0. The highest BCUT2D eigenvalue weighted by Gasteiger charge is 2.10. The summed E-state index contributed by atoms with van der Waals surface area (Å²) in [6, 6.07) is 3.13. The highest BCUT2D eigenvalue weighted by Crippen LogP contribution is 2.22. The molecule has 0 spiro atoms. The summed E-state index contributed by atoms with van der Waals surface area (Å²) in [6.07, 6.45) is 4.05. The van der Waals surface area contributed by atoms with Crippen LogP contribution in [0.5, 0.6) is 0 Å². The van der Waals surface area contributed by atoms with Crippen LogP contribution >= 0.6 is 11.3 Å². The van der Waals surface area contributed by atoms with Gasteiger partial charge in [-0.1, -0.05) is 16.5 Å². The molecule has 0 unspecified atom stereocenters. The molecule has 0 aliphatic carbocycles. The van der Waals surface area contributed by atoms with Crippen molar-refractivity contribution in [1.82, 2.24) is 4.90 Å². The van der Waals surface area contributed by atoms with Gasteiger partial charge in [-0.3, -0.25) is 15.0 Å². The maximum Gasteiger partial charge on any atom is 0.324 e. The fourth-order valence-electron chi connectivity index (χ4n) is 1.83. The monoisotopic (exact) mass is 269 g/mol. The van der Waals surface area contributed by atoms with E-state index in [-0.39, 0.29) is 5.00 Å². The maximum atomic E-state index is 10.5. The van der Waals surface area contributed by atoms with Gasteiger partial charge in [-0.15, -0.1) is 0 Å². The number of oxime groups is 1. The van der Waals surface area contributed by atoms with Gasteiger partial charge in [-0.05, 0) is 32.0 Å². The summed E-state index contributed by atoms with van der Waals surface area (Å²) in [7, 11) is 0. The van der Waals surface area contributed by atoms with Crippen molar-refractivity contribution >= 4 is 22.6 Å². The highest BCUT2D eigenvalue weighted by molar-refractivity contribution is 7.16. The van der Waals surface area contributed by atoms with Crippen LogP contribution in [0.3, 0.4) is 0 Å². The molecule has 2 heterocycles. The molecule has 6 nitrogen and oxygen atoms in total. The summed E-state index contributed by atoms with van der Waals surface area (Å²) in [5.41, 5.74) is 0. The van der Waals surface area contributed by atoms with E-state index in [1.807, 2.05) is 0 Å². The molecular weight excluding hydrogens is 254 g/mol. The molecule has 0 atom stereocenters. The largest absolute Gasteiger partial charge is 0.394 e. The molecule has 1 aromatic rings. The second kappa shape index (κ2) is 6.46. The smallest absolute Gasteiger partial charge is 0.324 e. The average molecular weight is 269 g/mol. The van der Waals surface area contributed by atoms with E-state index in [1.54, 1.807) is 6.07 Å². The third kappa shape index (κ3) is 3.78. The molecule has 0 bridgehead atoms. The lowest BCUT2D eigenvalue weighted by Gasteiger charge is -2.12. The van der Waals surface area contributed by atoms with Gasteiger partial charge in [0, 0.05) is 12.6 Å². The van der Waals surface area contributed by atoms with E-state index in [0.717, 1.165) is 35.8 Å². The van der Waals surface area contributed by atoms with Gasteiger partial charge >= 0.3 is 5.00 Å². The van der Waals surface area contributed by atoms with E-state index in [2.05, 4.69) is 10.1 Å². The average Bonchev–Trinajstić information content (AvgIpc) is 2.98. The van der Waals surface area contributed by atoms with Crippen molar-refractivity contribution in [3.05, 3.63) is 27.1 Å². The Kier molecular flexibility index (Phi) is 4.66. The van der Waals surface area contributed by atoms with Gasteiger partial charge in [0.15, 0.2) is 0 Å². The normalized spacial score (nSPS) is 16.4. The molecule has 0 aromatic carbocycles. The number of nitro groups is 1. The van der Waals surface area contributed by atoms with E-state index < -0.39 is 4.92 Å². The van der Waals surface area contributed by atoms with Gasteiger partial charge in [-0.2, -0.15) is 0 Å². The number of rotatable bonds is 6. The van der Waals surface area contributed by atoms with Gasteiger partial charge in [0.2, 0.25) is 0 Å². The lowest BCUT2D eigenvalue weighted by Crippen LogP contribution is -2.23. The second-order valence-corrected chi connectivity index (χ2v) is 5.14. The van der Waals surface area contributed by atoms with Crippen molar-refractivity contribution in [1.29, 1.82) is 0 Å². The molecule has 18 heavy (non-hydrogen) atoms. The lowest BCUT2D eigenvalue weighted by atomic mass is 10.4. The summed E-state index contributed by atoms with van der Waals surface area (Å²) in [6.45, 7) is 3.74. The zero-order valence-electron chi connectivity index (χ0n) is 9.95. The van der Waals surface area contributed by atoms with Gasteiger partial charge in [0.25, 0.3) is 0 Å². The van der Waals surface area contributed by atoms with Crippen LogP contribution in [-0.2, 0) is 4.84 Å². The number of likely N-dealkylation sites (tertiary alicyclic amines) is 1. The molecule has 0 amide bonds. The molecule has 7 heteroatoms. The molecule has 1 saturated heterocycles. The Morgan fingerprint density at radius 2 is 2.28 bits per heavy atom. The predicted octanol–water partition coefficient (Wildman–Crippen LogP) is 2.10. The summed E-state index contributed by atoms with van der Waals surface area (Å²) in [5, 5.41) is 14.4. The zero-order chi connectivity index (χ0) is 12.8. The first kappa shape index (κ1) is 13.0. The van der Waals surface area contributed by atoms with Crippen LogP contribution in [0, 0.1) is 10.1 Å². The minimum absolute atomic E-state index is 0.119. The van der Waals surface area contributed by atoms with Gasteiger partial charge in [0.1, 0.15) is 6.61 Å². The predicted molar refractivity (Wildman–Crippen MR) is 70.2 cm³/mol. The first-order valence-electron chi connectivity index (χ1n) is 5.87. The highest BCUT2D eigenvalue weighted by atomic mass is 32.1. The Morgan fingerprint density at radius 1 is 1.50 bits per heavy atom. The summed E-state index contributed by atoms with van der Waals surface area (Å²) in [4.78, 5) is 18.3. The van der Waals surface area contributed by atoms with Crippen molar-refractivity contribution in [3.63, 3.8) is 0 Å². The van der Waals surface area contributed by atoms with Gasteiger partial charge in [-0.25, -0.2) is 0 Å². The molecule has 0 saturated carbocycles. The minimum Gasteiger partial charge on any atom is -0.394 e. The summed E-state index contributed by atoms with van der Waals surface area (Å²) < 4.78 is 0. The van der Waals surface area contributed by atoms with E-state index in [4.69, 9.17) is 4.84 Å². The number of thiophene rings is 1. The van der Waals surface area contributed by atoms with Crippen molar-refractivity contribution in [2.24, 2.45) is 5.16 Å². The Morgan fingerprint density at radius 3 is 2.94 bits per heavy atom. The van der Waals surface area contributed by atoms with Crippen LogP contribution in [-0.4, -0.2) is 42.3 Å². The van der Waals surface area contributed by atoms with E-state index in [9.17, 15) is 10.1 Å². The van der Waals surface area contributed by atoms with Crippen molar-refractivity contribution in [2.75, 3.05) is 26.2 Å². The summed E-state index contributed by atoms with van der Waals surface area (Å²) >= 11 is 1.09. The van der Waals surface area contributed by atoms with Crippen LogP contribution in [0.1, 0.15) is 17.7 Å². The third-order valence-corrected chi connectivity index (χ3v) is 3.72. The number of nitrogens with zero attached hydrogens (tertiary/aromatic N) is 3. The van der Waals surface area contributed by atoms with Gasteiger partial charge < -0.3 is 4.84 Å². The molecule has 0 N–H and O–H groups in total. The van der Waals surface area contributed by atoms with Crippen molar-refractivity contribution in [3.8, 4) is 0 Å². The fraction of sp³-hybridized carbons (Fsp3) is 0.545. The third-order valence-electron chi connectivity index (χ3n) is 2.74. The van der Waals surface area contributed by atoms with Crippen LogP contribution in [0.25, 0.3) is 0 Å². The van der Waals surface area contributed by atoms with Crippen LogP contribution in [0.2, 0.25) is 0 Å². The fourth-order valence-corrected chi connectivity index (χ4v) is 2.51. The standard InChI is InChI=1S/C11H15N3O3S/c15-14(16)11-4-3-10(18-11)9-12-17-8-7-13-5-1-2-6-13/h3-4,9H,1-2,5-8H2/b12-9+. The first-order valence-corrected chi connectivity index (χ1v) is 6.69. The van der Waals surface area contributed by atoms with E-state index in [0.29, 0.717) is 6.61 Å². The SMILES string of the molecule is O=[N+]([O-])c1ccc(/C=N/OCCN2CCCC2)s1. The molecular formula is C11H15N3O3S. The van der Waals surface area contributed by atoms with E-state index >= 15 is 0 Å². The van der Waals surface area contributed by atoms with Gasteiger partial charge in [0.05, 0.1) is 16.0 Å². The molecule has 1 aromatic heterocycles. The van der Waals surface area contributed by atoms with Crippen LogP contribution < -0.4 is 0 Å². The minimum atomic E-state index is -0.407. The molecule has 98 valence electrons. The maximum absolute atomic E-state index is 10.5. The van der Waals surface area contributed by atoms with Crippen LogP contribution in [0.15, 0.2) is 17.3 Å². The number of hydrogen-bond donors (Lipinski definition) is 0. The molecule has 0 radical (unpaired) electrons. The molecule has 1 aliphatic rings. The molecule has 2 rings (SSSR count). The number of hydrogen-bond acceptors (Lipinski definition) is 6. The first-order chi connectivity index (χ1) is 8.75. The Balaban J connectivity index is 1.68. The van der Waals surface area contributed by atoms with Crippen molar-refractivity contribution < 1.29 is 9.76 Å². The Bertz CT molecular complexity index is 427. The zero-order valence-corrected chi connectivity index (χ0v) is 10.8. The van der Waals surface area contributed by atoms with E-state index in [1.165, 1.54) is 25.1 Å². The Labute approximate surface area is 109 Å². The second-order valence-electron chi connectivity index (χ2n) is 4.05. The van der Waals surface area contributed by atoms with Crippen molar-refractivity contribution in [2.45, 2.75) is 12.8 Å².